The zero-order valence-electron chi connectivity index (χ0n) is 15.8. The number of nitrogens with two attached hydrogens (primary N) is 1. The van der Waals surface area contributed by atoms with Crippen LogP contribution in [0.25, 0.3) is 0 Å². The molecule has 1 atom stereocenters. The topological polar surface area (TPSA) is 68.9 Å². The van der Waals surface area contributed by atoms with E-state index in [1.54, 1.807) is 14.2 Å². The van der Waals surface area contributed by atoms with E-state index in [1.165, 1.54) is 11.1 Å². The number of aryl methyl sites for hydroxylation is 1. The number of aliphatic imine (C=N–C) groups is 1. The highest BCUT2D eigenvalue weighted by atomic mass is 127. The van der Waals surface area contributed by atoms with Crippen LogP contribution in [0.1, 0.15) is 18.1 Å². The van der Waals surface area contributed by atoms with Crippen molar-refractivity contribution in [2.24, 2.45) is 16.6 Å². The minimum absolute atomic E-state index is 0. The van der Waals surface area contributed by atoms with E-state index < -0.39 is 0 Å². The molecule has 1 unspecified atom stereocenters. The second kappa shape index (κ2) is 10.9. The molecule has 5 nitrogen and oxygen atoms in total. The summed E-state index contributed by atoms with van der Waals surface area (Å²) >= 11 is 0. The molecule has 2 aromatic carbocycles. The molecule has 0 amide bonds. The van der Waals surface area contributed by atoms with Crippen molar-refractivity contribution in [1.82, 2.24) is 0 Å². The highest BCUT2D eigenvalue weighted by molar-refractivity contribution is 14.0. The molecule has 0 radical (unpaired) electrons. The normalized spacial score (nSPS) is 12.1. The van der Waals surface area contributed by atoms with Gasteiger partial charge in [-0.1, -0.05) is 25.1 Å². The van der Waals surface area contributed by atoms with Crippen molar-refractivity contribution in [2.75, 3.05) is 26.1 Å². The Hall–Kier alpha value is -1.96. The molecule has 0 saturated heterocycles. The van der Waals surface area contributed by atoms with Gasteiger partial charge in [0.25, 0.3) is 0 Å². The predicted octanol–water partition coefficient (Wildman–Crippen LogP) is 4.24. The number of nitrogens with one attached hydrogen (secondary N) is 1. The Bertz CT molecular complexity index is 735. The van der Waals surface area contributed by atoms with E-state index in [2.05, 4.69) is 23.3 Å². The van der Waals surface area contributed by atoms with Crippen LogP contribution in [0.15, 0.2) is 47.5 Å². The van der Waals surface area contributed by atoms with Crippen molar-refractivity contribution in [3.63, 3.8) is 0 Å². The Kier molecular flexibility index (Phi) is 9.26. The molecule has 6 heteroatoms. The number of anilines is 1. The van der Waals surface area contributed by atoms with Crippen LogP contribution in [-0.2, 0) is 6.42 Å². The lowest BCUT2D eigenvalue weighted by Crippen LogP contribution is -2.23. The largest absolute Gasteiger partial charge is 0.493 e. The molecule has 0 aliphatic rings. The highest BCUT2D eigenvalue weighted by Gasteiger charge is 2.08. The van der Waals surface area contributed by atoms with Crippen LogP contribution in [-0.4, -0.2) is 26.7 Å². The molecule has 0 heterocycles. The predicted molar refractivity (Wildman–Crippen MR) is 119 cm³/mol. The van der Waals surface area contributed by atoms with Crippen molar-refractivity contribution in [3.05, 3.63) is 53.6 Å². The molecule has 0 aliphatic carbocycles. The maximum absolute atomic E-state index is 5.98. The molecule has 0 saturated carbocycles. The number of methoxy groups -OCH3 is 2. The second-order valence-electron chi connectivity index (χ2n) is 6.22. The van der Waals surface area contributed by atoms with Gasteiger partial charge in [0.05, 0.1) is 14.2 Å². The molecule has 0 spiro atoms. The Morgan fingerprint density at radius 1 is 1.12 bits per heavy atom. The zero-order chi connectivity index (χ0) is 18.2. The van der Waals surface area contributed by atoms with Gasteiger partial charge < -0.3 is 20.5 Å². The smallest absolute Gasteiger partial charge is 0.193 e. The molecule has 0 aliphatic heterocycles. The zero-order valence-corrected chi connectivity index (χ0v) is 18.1. The fourth-order valence-corrected chi connectivity index (χ4v) is 2.64. The number of halogens is 1. The van der Waals surface area contributed by atoms with E-state index >= 15 is 0 Å². The average Bonchev–Trinajstić information content (AvgIpc) is 2.60. The number of hydrogen-bond donors (Lipinski definition) is 2. The van der Waals surface area contributed by atoms with Gasteiger partial charge in [0.2, 0.25) is 0 Å². The van der Waals surface area contributed by atoms with Crippen molar-refractivity contribution in [2.45, 2.75) is 20.3 Å². The monoisotopic (exact) mass is 469 g/mol. The first kappa shape index (κ1) is 22.1. The molecule has 26 heavy (non-hydrogen) atoms. The molecular formula is C20H28IN3O2. The van der Waals surface area contributed by atoms with Crippen LogP contribution >= 0.6 is 24.0 Å². The number of rotatable bonds is 7. The van der Waals surface area contributed by atoms with Crippen LogP contribution in [0.2, 0.25) is 0 Å². The van der Waals surface area contributed by atoms with Gasteiger partial charge in [0.15, 0.2) is 17.5 Å². The molecule has 3 N–H and O–H groups in total. The summed E-state index contributed by atoms with van der Waals surface area (Å²) in [4.78, 5) is 4.45. The lowest BCUT2D eigenvalue weighted by molar-refractivity contribution is 0.354. The highest BCUT2D eigenvalue weighted by Crippen LogP contribution is 2.28. The summed E-state index contributed by atoms with van der Waals surface area (Å²) in [5.41, 5.74) is 9.30. The van der Waals surface area contributed by atoms with Crippen molar-refractivity contribution in [3.8, 4) is 11.5 Å². The van der Waals surface area contributed by atoms with Gasteiger partial charge in [-0.3, -0.25) is 4.99 Å². The summed E-state index contributed by atoms with van der Waals surface area (Å²) in [5, 5.41) is 3.13. The molecule has 0 fully saturated rings. The van der Waals surface area contributed by atoms with E-state index in [9.17, 15) is 0 Å². The van der Waals surface area contributed by atoms with Gasteiger partial charge in [0, 0.05) is 12.2 Å². The van der Waals surface area contributed by atoms with Crippen LogP contribution < -0.4 is 20.5 Å². The SMILES string of the molecule is COc1ccc(CC(C)CN=C(N)Nc2cccc(C)c2)cc1OC.I. The fourth-order valence-electron chi connectivity index (χ4n) is 2.64. The second-order valence-corrected chi connectivity index (χ2v) is 6.22. The maximum Gasteiger partial charge on any atom is 0.193 e. The van der Waals surface area contributed by atoms with Crippen molar-refractivity contribution in [1.29, 1.82) is 0 Å². The Labute approximate surface area is 173 Å². The maximum atomic E-state index is 5.98. The summed E-state index contributed by atoms with van der Waals surface area (Å²) in [6, 6.07) is 14.0. The first-order valence-electron chi connectivity index (χ1n) is 8.36. The molecule has 0 aromatic heterocycles. The standard InChI is InChI=1S/C20H27N3O2.HI/c1-14-6-5-7-17(11-14)23-20(21)22-13-15(2)10-16-8-9-18(24-3)19(12-16)25-4;/h5-9,11-12,15H,10,13H2,1-4H3,(H3,21,22,23);1H. The minimum Gasteiger partial charge on any atom is -0.493 e. The van der Waals surface area contributed by atoms with Gasteiger partial charge in [-0.05, 0) is 54.7 Å². The van der Waals surface area contributed by atoms with E-state index in [4.69, 9.17) is 15.2 Å². The summed E-state index contributed by atoms with van der Waals surface area (Å²) in [6.07, 6.45) is 0.890. The quantitative estimate of drug-likeness (QED) is 0.362. The number of nitrogens with zero attached hydrogens (tertiary/aromatic N) is 1. The first-order chi connectivity index (χ1) is 12.0. The van der Waals surface area contributed by atoms with E-state index in [1.807, 2.05) is 43.3 Å². The molecular weight excluding hydrogens is 441 g/mol. The van der Waals surface area contributed by atoms with Gasteiger partial charge in [0.1, 0.15) is 0 Å². The summed E-state index contributed by atoms with van der Waals surface area (Å²) in [5.74, 6) is 2.28. The van der Waals surface area contributed by atoms with Gasteiger partial charge >= 0.3 is 0 Å². The third kappa shape index (κ3) is 6.74. The number of hydrogen-bond acceptors (Lipinski definition) is 3. The van der Waals surface area contributed by atoms with Crippen molar-refractivity contribution >= 4 is 35.6 Å². The van der Waals surface area contributed by atoms with Gasteiger partial charge in [-0.25, -0.2) is 0 Å². The lowest BCUT2D eigenvalue weighted by Gasteiger charge is -2.13. The number of ether oxygens (including phenoxy) is 2. The molecule has 0 bridgehead atoms. The number of benzene rings is 2. The van der Waals surface area contributed by atoms with Gasteiger partial charge in [-0.15, -0.1) is 24.0 Å². The Morgan fingerprint density at radius 3 is 2.50 bits per heavy atom. The van der Waals surface area contributed by atoms with Crippen LogP contribution in [0.5, 0.6) is 11.5 Å². The third-order valence-corrected chi connectivity index (χ3v) is 3.90. The average molecular weight is 469 g/mol. The molecule has 142 valence electrons. The molecule has 2 aromatic rings. The minimum atomic E-state index is 0. The van der Waals surface area contributed by atoms with Crippen LogP contribution in [0, 0.1) is 12.8 Å². The number of guanidine groups is 1. The third-order valence-electron chi connectivity index (χ3n) is 3.90. The van der Waals surface area contributed by atoms with E-state index in [-0.39, 0.29) is 24.0 Å². The first-order valence-corrected chi connectivity index (χ1v) is 8.36. The van der Waals surface area contributed by atoms with Crippen LogP contribution in [0.3, 0.4) is 0 Å². The Balaban J connectivity index is 0.00000338. The van der Waals surface area contributed by atoms with Crippen LogP contribution in [0.4, 0.5) is 5.69 Å². The van der Waals surface area contributed by atoms with Crippen molar-refractivity contribution < 1.29 is 9.47 Å². The fraction of sp³-hybridized carbons (Fsp3) is 0.350. The van der Waals surface area contributed by atoms with E-state index in [0.29, 0.717) is 18.4 Å². The lowest BCUT2D eigenvalue weighted by atomic mass is 10.0. The van der Waals surface area contributed by atoms with E-state index in [0.717, 1.165) is 23.6 Å². The Morgan fingerprint density at radius 2 is 1.85 bits per heavy atom. The molecule has 2 rings (SSSR count). The summed E-state index contributed by atoms with van der Waals surface area (Å²) in [7, 11) is 3.28. The van der Waals surface area contributed by atoms with Gasteiger partial charge in [-0.2, -0.15) is 0 Å². The summed E-state index contributed by atoms with van der Waals surface area (Å²) < 4.78 is 10.6. The summed E-state index contributed by atoms with van der Waals surface area (Å²) in [6.45, 7) is 4.85.